The standard InChI is InChI=1S/C27H21FN2O4/c1-14-9-20(16(3)30-23-8-7-19(28)12-21(23)27(32)33)26-22(10-14)24(31)15(2)25(34-26)18-6-4-5-17(11-18)13-29/h4-12,16,30H,1-3H3,(H,32,33). The van der Waals surface area contributed by atoms with Crippen molar-refractivity contribution in [3.63, 3.8) is 0 Å². The normalized spacial score (nSPS) is 11.7. The van der Waals surface area contributed by atoms with Gasteiger partial charge in [-0.15, -0.1) is 0 Å². The maximum atomic E-state index is 13.6. The molecule has 0 aliphatic heterocycles. The lowest BCUT2D eigenvalue weighted by Crippen LogP contribution is -2.14. The molecule has 4 aromatic rings. The van der Waals surface area contributed by atoms with E-state index in [2.05, 4.69) is 11.4 Å². The number of fused-ring (bicyclic) bond motifs is 1. The van der Waals surface area contributed by atoms with Crippen molar-refractivity contribution < 1.29 is 18.7 Å². The zero-order valence-electron chi connectivity index (χ0n) is 18.8. The molecular weight excluding hydrogens is 435 g/mol. The van der Waals surface area contributed by atoms with Crippen LogP contribution in [0.5, 0.6) is 0 Å². The summed E-state index contributed by atoms with van der Waals surface area (Å²) in [5.41, 5.74) is 3.16. The molecule has 7 heteroatoms. The average Bonchev–Trinajstić information content (AvgIpc) is 2.82. The molecule has 0 radical (unpaired) electrons. The Bertz CT molecular complexity index is 1550. The van der Waals surface area contributed by atoms with Gasteiger partial charge in [-0.1, -0.05) is 18.2 Å². The highest BCUT2D eigenvalue weighted by atomic mass is 19.1. The highest BCUT2D eigenvalue weighted by Gasteiger charge is 2.20. The second kappa shape index (κ2) is 8.83. The lowest BCUT2D eigenvalue weighted by atomic mass is 9.98. The summed E-state index contributed by atoms with van der Waals surface area (Å²) in [6, 6.07) is 15.5. The van der Waals surface area contributed by atoms with Crippen molar-refractivity contribution in [2.45, 2.75) is 26.8 Å². The first-order valence-electron chi connectivity index (χ1n) is 10.6. The third-order valence-electron chi connectivity index (χ3n) is 5.70. The average molecular weight is 456 g/mol. The molecule has 3 aromatic carbocycles. The monoisotopic (exact) mass is 456 g/mol. The van der Waals surface area contributed by atoms with Crippen LogP contribution in [-0.2, 0) is 0 Å². The van der Waals surface area contributed by atoms with Crippen molar-refractivity contribution in [3.8, 4) is 17.4 Å². The van der Waals surface area contributed by atoms with Crippen molar-refractivity contribution in [2.24, 2.45) is 0 Å². The zero-order chi connectivity index (χ0) is 24.6. The summed E-state index contributed by atoms with van der Waals surface area (Å²) in [6.07, 6.45) is 0. The number of nitrogens with zero attached hydrogens (tertiary/aromatic N) is 1. The lowest BCUT2D eigenvalue weighted by molar-refractivity contribution is 0.0697. The molecule has 1 atom stereocenters. The van der Waals surface area contributed by atoms with Crippen LogP contribution in [0.2, 0.25) is 0 Å². The van der Waals surface area contributed by atoms with Gasteiger partial charge in [0, 0.05) is 22.4 Å². The van der Waals surface area contributed by atoms with Gasteiger partial charge >= 0.3 is 5.97 Å². The highest BCUT2D eigenvalue weighted by Crippen LogP contribution is 2.33. The molecule has 170 valence electrons. The molecule has 1 heterocycles. The van der Waals surface area contributed by atoms with E-state index in [4.69, 9.17) is 4.42 Å². The molecule has 0 fully saturated rings. The third kappa shape index (κ3) is 4.14. The number of nitriles is 1. The first-order chi connectivity index (χ1) is 16.2. The number of hydrogen-bond acceptors (Lipinski definition) is 5. The summed E-state index contributed by atoms with van der Waals surface area (Å²) in [6.45, 7) is 5.34. The minimum Gasteiger partial charge on any atom is -0.478 e. The smallest absolute Gasteiger partial charge is 0.337 e. The Hall–Kier alpha value is -4.44. The molecule has 1 unspecified atom stereocenters. The number of aryl methyl sites for hydroxylation is 1. The summed E-state index contributed by atoms with van der Waals surface area (Å²) in [7, 11) is 0. The quantitative estimate of drug-likeness (QED) is 0.384. The number of carboxylic acid groups (broad SMARTS) is 1. The molecule has 0 spiro atoms. The van der Waals surface area contributed by atoms with E-state index < -0.39 is 17.8 Å². The molecule has 0 amide bonds. The van der Waals surface area contributed by atoms with E-state index in [0.717, 1.165) is 11.6 Å². The summed E-state index contributed by atoms with van der Waals surface area (Å²) in [5, 5.41) is 22.2. The Kier molecular flexibility index (Phi) is 5.91. The zero-order valence-corrected chi connectivity index (χ0v) is 18.8. The number of nitrogens with one attached hydrogen (secondary N) is 1. The molecule has 0 saturated carbocycles. The largest absolute Gasteiger partial charge is 0.478 e. The van der Waals surface area contributed by atoms with Crippen molar-refractivity contribution in [1.82, 2.24) is 0 Å². The molecule has 1 aromatic heterocycles. The van der Waals surface area contributed by atoms with Crippen LogP contribution in [0.25, 0.3) is 22.3 Å². The Morgan fingerprint density at radius 2 is 1.91 bits per heavy atom. The maximum absolute atomic E-state index is 13.6. The van der Waals surface area contributed by atoms with Gasteiger partial charge in [0.1, 0.15) is 17.2 Å². The van der Waals surface area contributed by atoms with E-state index in [1.807, 2.05) is 13.0 Å². The molecule has 34 heavy (non-hydrogen) atoms. The minimum absolute atomic E-state index is 0.191. The molecule has 0 bridgehead atoms. The Labute approximate surface area is 194 Å². The molecule has 0 aliphatic rings. The van der Waals surface area contributed by atoms with Crippen LogP contribution in [0.3, 0.4) is 0 Å². The van der Waals surface area contributed by atoms with Gasteiger partial charge in [-0.25, -0.2) is 9.18 Å². The van der Waals surface area contributed by atoms with Gasteiger partial charge in [-0.3, -0.25) is 4.79 Å². The lowest BCUT2D eigenvalue weighted by Gasteiger charge is -2.20. The van der Waals surface area contributed by atoms with Crippen molar-refractivity contribution >= 4 is 22.6 Å². The topological polar surface area (TPSA) is 103 Å². The van der Waals surface area contributed by atoms with Crippen LogP contribution >= 0.6 is 0 Å². The number of carbonyl (C=O) groups is 1. The van der Waals surface area contributed by atoms with Crippen molar-refractivity contribution in [3.05, 3.63) is 98.5 Å². The van der Waals surface area contributed by atoms with Crippen molar-refractivity contribution in [2.75, 3.05) is 5.32 Å². The molecule has 6 nitrogen and oxygen atoms in total. The Morgan fingerprint density at radius 1 is 1.15 bits per heavy atom. The predicted octanol–water partition coefficient (Wildman–Crippen LogP) is 5.96. The number of benzene rings is 3. The van der Waals surface area contributed by atoms with Crippen LogP contribution in [0, 0.1) is 31.0 Å². The van der Waals surface area contributed by atoms with Gasteiger partial charge in [-0.2, -0.15) is 5.26 Å². The fraction of sp³-hybridized carbons (Fsp3) is 0.148. The van der Waals surface area contributed by atoms with E-state index in [1.54, 1.807) is 44.2 Å². The number of rotatable bonds is 5. The van der Waals surface area contributed by atoms with Gasteiger partial charge in [0.05, 0.1) is 28.6 Å². The van der Waals surface area contributed by atoms with Gasteiger partial charge < -0.3 is 14.8 Å². The molecule has 2 N–H and O–H groups in total. The van der Waals surface area contributed by atoms with Crippen LogP contribution < -0.4 is 10.7 Å². The fourth-order valence-corrected chi connectivity index (χ4v) is 4.02. The van der Waals surface area contributed by atoms with Crippen LogP contribution in [0.4, 0.5) is 10.1 Å². The maximum Gasteiger partial charge on any atom is 0.337 e. The third-order valence-corrected chi connectivity index (χ3v) is 5.70. The molecule has 4 rings (SSSR count). The number of hydrogen-bond donors (Lipinski definition) is 2. The number of halogens is 1. The fourth-order valence-electron chi connectivity index (χ4n) is 4.02. The molecule has 0 saturated heterocycles. The summed E-state index contributed by atoms with van der Waals surface area (Å²) in [4.78, 5) is 24.9. The van der Waals surface area contributed by atoms with E-state index in [0.29, 0.717) is 39.0 Å². The summed E-state index contributed by atoms with van der Waals surface area (Å²) in [5.74, 6) is -1.55. The van der Waals surface area contributed by atoms with E-state index in [9.17, 15) is 24.3 Å². The van der Waals surface area contributed by atoms with Gasteiger partial charge in [0.25, 0.3) is 0 Å². The number of anilines is 1. The number of aromatic carboxylic acids is 1. The van der Waals surface area contributed by atoms with Gasteiger partial charge in [0.2, 0.25) is 0 Å². The molecule has 0 aliphatic carbocycles. The van der Waals surface area contributed by atoms with E-state index >= 15 is 0 Å². The van der Waals surface area contributed by atoms with E-state index in [-0.39, 0.29) is 16.7 Å². The van der Waals surface area contributed by atoms with Gasteiger partial charge in [-0.05, 0) is 62.7 Å². The number of carboxylic acids is 1. The highest BCUT2D eigenvalue weighted by molar-refractivity contribution is 5.94. The predicted molar refractivity (Wildman–Crippen MR) is 128 cm³/mol. The van der Waals surface area contributed by atoms with Crippen LogP contribution in [0.15, 0.2) is 63.8 Å². The van der Waals surface area contributed by atoms with E-state index in [1.165, 1.54) is 12.1 Å². The van der Waals surface area contributed by atoms with Gasteiger partial charge in [0.15, 0.2) is 5.43 Å². The van der Waals surface area contributed by atoms with Crippen molar-refractivity contribution in [1.29, 1.82) is 5.26 Å². The Morgan fingerprint density at radius 3 is 2.62 bits per heavy atom. The second-order valence-electron chi connectivity index (χ2n) is 8.17. The molecular formula is C27H21FN2O4. The summed E-state index contributed by atoms with van der Waals surface area (Å²) >= 11 is 0. The first-order valence-corrected chi connectivity index (χ1v) is 10.6. The summed E-state index contributed by atoms with van der Waals surface area (Å²) < 4.78 is 19.9. The Balaban J connectivity index is 1.90. The van der Waals surface area contributed by atoms with Crippen LogP contribution in [-0.4, -0.2) is 11.1 Å². The second-order valence-corrected chi connectivity index (χ2v) is 8.17. The SMILES string of the molecule is Cc1cc(C(C)Nc2ccc(F)cc2C(=O)O)c2oc(-c3cccc(C#N)c3)c(C)c(=O)c2c1. The minimum atomic E-state index is -1.26. The van der Waals surface area contributed by atoms with Crippen LogP contribution in [0.1, 0.15) is 45.6 Å². The first kappa shape index (κ1) is 22.7.